The number of hydrogen-bond acceptors (Lipinski definition) is 5. The van der Waals surface area contributed by atoms with Gasteiger partial charge < -0.3 is 9.47 Å². The number of benzene rings is 2. The number of carbonyl (C=O) groups excluding carboxylic acids is 1. The van der Waals surface area contributed by atoms with Crippen molar-refractivity contribution in [2.75, 3.05) is 29.9 Å². The molecule has 1 saturated heterocycles. The Labute approximate surface area is 139 Å². The third-order valence-corrected chi connectivity index (χ3v) is 4.94. The number of hydrogen-bond donors (Lipinski definition) is 1. The van der Waals surface area contributed by atoms with E-state index in [-0.39, 0.29) is 4.90 Å². The second-order valence-electron chi connectivity index (χ2n) is 5.10. The fraction of sp³-hybridized carbons (Fsp3) is 0.188. The normalized spacial score (nSPS) is 14.4. The Morgan fingerprint density at radius 3 is 2.54 bits per heavy atom. The summed E-state index contributed by atoms with van der Waals surface area (Å²) in [7, 11) is -2.22. The molecule has 2 aromatic rings. The first-order valence-corrected chi connectivity index (χ1v) is 8.69. The highest BCUT2D eigenvalue weighted by Gasteiger charge is 2.24. The summed E-state index contributed by atoms with van der Waals surface area (Å²) in [4.78, 5) is 13.2. The van der Waals surface area contributed by atoms with Crippen molar-refractivity contribution in [1.82, 2.24) is 0 Å². The Morgan fingerprint density at radius 1 is 1.17 bits per heavy atom. The lowest BCUT2D eigenvalue weighted by Crippen LogP contribution is -2.23. The molecule has 24 heavy (non-hydrogen) atoms. The van der Waals surface area contributed by atoms with Gasteiger partial charge in [0.15, 0.2) is 0 Å². The molecule has 0 aromatic heterocycles. The molecular formula is C16H16N2O5S. The first kappa shape index (κ1) is 16.1. The highest BCUT2D eigenvalue weighted by Crippen LogP contribution is 2.24. The third kappa shape index (κ3) is 3.28. The molecule has 3 rings (SSSR count). The summed E-state index contributed by atoms with van der Waals surface area (Å²) >= 11 is 0. The van der Waals surface area contributed by atoms with E-state index < -0.39 is 16.1 Å². The number of cyclic esters (lactones) is 1. The SMILES string of the molecule is COc1ccc(S(=O)(=O)Nc2cccc(N3CCOC3=O)c2)cc1. The van der Waals surface area contributed by atoms with Crippen molar-refractivity contribution in [2.45, 2.75) is 4.90 Å². The zero-order valence-electron chi connectivity index (χ0n) is 12.9. The lowest BCUT2D eigenvalue weighted by atomic mass is 10.2. The minimum atomic E-state index is -3.73. The molecule has 1 aliphatic heterocycles. The summed E-state index contributed by atoms with van der Waals surface area (Å²) in [5.41, 5.74) is 0.940. The second-order valence-corrected chi connectivity index (χ2v) is 6.78. The van der Waals surface area contributed by atoms with Crippen LogP contribution in [0.2, 0.25) is 0 Å². The molecule has 2 aromatic carbocycles. The number of nitrogens with zero attached hydrogens (tertiary/aromatic N) is 1. The van der Waals surface area contributed by atoms with Gasteiger partial charge in [-0.2, -0.15) is 0 Å². The van der Waals surface area contributed by atoms with Gasteiger partial charge in [-0.15, -0.1) is 0 Å². The number of methoxy groups -OCH3 is 1. The lowest BCUT2D eigenvalue weighted by Gasteiger charge is -2.15. The van der Waals surface area contributed by atoms with E-state index in [1.807, 2.05) is 0 Å². The summed E-state index contributed by atoms with van der Waals surface area (Å²) in [5.74, 6) is 0.573. The molecule has 0 aliphatic carbocycles. The molecule has 1 fully saturated rings. The third-order valence-electron chi connectivity index (χ3n) is 3.54. The van der Waals surface area contributed by atoms with E-state index in [1.54, 1.807) is 36.4 Å². The maximum absolute atomic E-state index is 12.4. The van der Waals surface area contributed by atoms with Gasteiger partial charge in [-0.25, -0.2) is 13.2 Å². The van der Waals surface area contributed by atoms with Crippen LogP contribution in [0.5, 0.6) is 5.75 Å². The Balaban J connectivity index is 1.83. The van der Waals surface area contributed by atoms with Crippen molar-refractivity contribution in [3.63, 3.8) is 0 Å². The van der Waals surface area contributed by atoms with Gasteiger partial charge in [0.2, 0.25) is 0 Å². The number of sulfonamides is 1. The van der Waals surface area contributed by atoms with Gasteiger partial charge in [-0.05, 0) is 42.5 Å². The molecule has 126 valence electrons. The van der Waals surface area contributed by atoms with E-state index >= 15 is 0 Å². The van der Waals surface area contributed by atoms with Gasteiger partial charge in [-0.3, -0.25) is 9.62 Å². The first-order valence-electron chi connectivity index (χ1n) is 7.21. The molecule has 0 atom stereocenters. The van der Waals surface area contributed by atoms with Crippen LogP contribution in [0.3, 0.4) is 0 Å². The fourth-order valence-electron chi connectivity index (χ4n) is 2.33. The van der Waals surface area contributed by atoms with Crippen molar-refractivity contribution in [3.8, 4) is 5.75 Å². The molecule has 0 spiro atoms. The monoisotopic (exact) mass is 348 g/mol. The summed E-state index contributed by atoms with van der Waals surface area (Å²) in [6, 6.07) is 12.7. The fourth-order valence-corrected chi connectivity index (χ4v) is 3.38. The molecule has 1 aliphatic rings. The van der Waals surface area contributed by atoms with Gasteiger partial charge in [0.05, 0.1) is 24.2 Å². The molecule has 8 heteroatoms. The van der Waals surface area contributed by atoms with Crippen molar-refractivity contribution in [1.29, 1.82) is 0 Å². The predicted molar refractivity (Wildman–Crippen MR) is 88.9 cm³/mol. The van der Waals surface area contributed by atoms with Gasteiger partial charge in [-0.1, -0.05) is 6.07 Å². The van der Waals surface area contributed by atoms with Gasteiger partial charge in [0.25, 0.3) is 10.0 Å². The molecule has 0 unspecified atom stereocenters. The first-order chi connectivity index (χ1) is 11.5. The van der Waals surface area contributed by atoms with Gasteiger partial charge in [0, 0.05) is 5.69 Å². The molecule has 7 nitrogen and oxygen atoms in total. The Bertz CT molecular complexity index is 849. The highest BCUT2D eigenvalue weighted by atomic mass is 32.2. The zero-order chi connectivity index (χ0) is 17.2. The Hall–Kier alpha value is -2.74. The number of amides is 1. The number of nitrogens with one attached hydrogen (secondary N) is 1. The largest absolute Gasteiger partial charge is 0.497 e. The van der Waals surface area contributed by atoms with Crippen molar-refractivity contribution in [2.24, 2.45) is 0 Å². The molecule has 1 N–H and O–H groups in total. The number of anilines is 2. The zero-order valence-corrected chi connectivity index (χ0v) is 13.7. The van der Waals surface area contributed by atoms with Crippen LogP contribution in [-0.2, 0) is 14.8 Å². The van der Waals surface area contributed by atoms with Crippen LogP contribution in [0.25, 0.3) is 0 Å². The number of rotatable bonds is 5. The quantitative estimate of drug-likeness (QED) is 0.897. The lowest BCUT2D eigenvalue weighted by molar-refractivity contribution is 0.181. The Kier molecular flexibility index (Phi) is 4.30. The maximum atomic E-state index is 12.4. The van der Waals surface area contributed by atoms with Crippen molar-refractivity contribution in [3.05, 3.63) is 48.5 Å². The van der Waals surface area contributed by atoms with E-state index in [4.69, 9.17) is 9.47 Å². The molecule has 1 amide bonds. The maximum Gasteiger partial charge on any atom is 0.414 e. The van der Waals surface area contributed by atoms with Gasteiger partial charge >= 0.3 is 6.09 Å². The standard InChI is InChI=1S/C16H16N2O5S/c1-22-14-5-7-15(8-6-14)24(20,21)17-12-3-2-4-13(11-12)18-9-10-23-16(18)19/h2-8,11,17H,9-10H2,1H3. The molecular weight excluding hydrogens is 332 g/mol. The summed E-state index contributed by atoms with van der Waals surface area (Å²) < 4.78 is 37.3. The van der Waals surface area contributed by atoms with Crippen LogP contribution in [-0.4, -0.2) is 34.8 Å². The number of carbonyl (C=O) groups is 1. The summed E-state index contributed by atoms with van der Waals surface area (Å²) in [6.07, 6.45) is -0.440. The molecule has 0 radical (unpaired) electrons. The van der Waals surface area contributed by atoms with Crippen LogP contribution in [0, 0.1) is 0 Å². The van der Waals surface area contributed by atoms with E-state index in [1.165, 1.54) is 24.1 Å². The van der Waals surface area contributed by atoms with E-state index in [2.05, 4.69) is 4.72 Å². The minimum absolute atomic E-state index is 0.120. The van der Waals surface area contributed by atoms with Crippen LogP contribution >= 0.6 is 0 Å². The summed E-state index contributed by atoms with van der Waals surface area (Å²) in [5, 5.41) is 0. The van der Waals surface area contributed by atoms with E-state index in [9.17, 15) is 13.2 Å². The molecule has 0 saturated carbocycles. The predicted octanol–water partition coefficient (Wildman–Crippen LogP) is 2.45. The van der Waals surface area contributed by atoms with Crippen molar-refractivity contribution >= 4 is 27.5 Å². The number of ether oxygens (including phenoxy) is 2. The van der Waals surface area contributed by atoms with Crippen LogP contribution in [0.4, 0.5) is 16.2 Å². The van der Waals surface area contributed by atoms with E-state index in [0.717, 1.165) is 0 Å². The van der Waals surface area contributed by atoms with Crippen LogP contribution in [0.1, 0.15) is 0 Å². The minimum Gasteiger partial charge on any atom is -0.497 e. The molecule has 0 bridgehead atoms. The summed E-state index contributed by atoms with van der Waals surface area (Å²) in [6.45, 7) is 0.758. The highest BCUT2D eigenvalue weighted by molar-refractivity contribution is 7.92. The molecule has 1 heterocycles. The van der Waals surface area contributed by atoms with Crippen LogP contribution < -0.4 is 14.4 Å². The van der Waals surface area contributed by atoms with Crippen molar-refractivity contribution < 1.29 is 22.7 Å². The van der Waals surface area contributed by atoms with E-state index in [0.29, 0.717) is 30.3 Å². The topological polar surface area (TPSA) is 84.9 Å². The average Bonchev–Trinajstić information content (AvgIpc) is 3.01. The van der Waals surface area contributed by atoms with Gasteiger partial charge in [0.1, 0.15) is 12.4 Å². The van der Waals surface area contributed by atoms with Crippen LogP contribution in [0.15, 0.2) is 53.4 Å². The Morgan fingerprint density at radius 2 is 1.92 bits per heavy atom. The average molecular weight is 348 g/mol. The smallest absolute Gasteiger partial charge is 0.414 e. The second kappa shape index (κ2) is 6.40.